The second-order valence-electron chi connectivity index (χ2n) is 7.06. The number of benzene rings is 1. The summed E-state index contributed by atoms with van der Waals surface area (Å²) in [5.41, 5.74) is 0.373. The molecule has 0 amide bonds. The van der Waals surface area contributed by atoms with Crippen LogP contribution in [0.3, 0.4) is 0 Å². The lowest BCUT2D eigenvalue weighted by atomic mass is 9.85. The Morgan fingerprint density at radius 2 is 1.71 bits per heavy atom. The highest BCUT2D eigenvalue weighted by Crippen LogP contribution is 2.36. The Morgan fingerprint density at radius 1 is 0.958 bits per heavy atom. The Hall–Kier alpha value is -1.07. The molecule has 0 radical (unpaired) electrons. The molecule has 0 aliphatic carbocycles. The van der Waals surface area contributed by atoms with E-state index in [2.05, 4.69) is 6.92 Å². The van der Waals surface area contributed by atoms with Crippen molar-refractivity contribution in [1.29, 1.82) is 0 Å². The third-order valence-electron chi connectivity index (χ3n) is 5.32. The summed E-state index contributed by atoms with van der Waals surface area (Å²) in [6.07, 6.45) is 6.09. The Balaban J connectivity index is 1.53. The van der Waals surface area contributed by atoms with Crippen molar-refractivity contribution in [2.45, 2.75) is 57.7 Å². The van der Waals surface area contributed by atoms with Gasteiger partial charge in [-0.3, -0.25) is 0 Å². The van der Waals surface area contributed by atoms with Gasteiger partial charge in [-0.25, -0.2) is 13.2 Å². The number of rotatable bonds is 4. The molecule has 3 rings (SSSR count). The molecule has 0 saturated carbocycles. The molecule has 134 valence electrons. The molecule has 0 bridgehead atoms. The lowest BCUT2D eigenvalue weighted by molar-refractivity contribution is -0.104. The van der Waals surface area contributed by atoms with E-state index in [0.29, 0.717) is 30.4 Å². The van der Waals surface area contributed by atoms with Crippen LogP contribution in [-0.4, -0.2) is 19.3 Å². The van der Waals surface area contributed by atoms with E-state index in [-0.39, 0.29) is 12.2 Å². The fourth-order valence-electron chi connectivity index (χ4n) is 3.92. The normalized spacial score (nSPS) is 31.2. The zero-order valence-electron chi connectivity index (χ0n) is 14.1. The van der Waals surface area contributed by atoms with Gasteiger partial charge in [-0.05, 0) is 55.7 Å². The van der Waals surface area contributed by atoms with Gasteiger partial charge in [-0.2, -0.15) is 0 Å². The molecule has 0 N–H and O–H groups in total. The zero-order valence-corrected chi connectivity index (χ0v) is 14.1. The highest BCUT2D eigenvalue weighted by atomic mass is 19.2. The summed E-state index contributed by atoms with van der Waals surface area (Å²) in [7, 11) is 0. The third kappa shape index (κ3) is 3.94. The van der Waals surface area contributed by atoms with Crippen LogP contribution in [0.25, 0.3) is 0 Å². The van der Waals surface area contributed by atoms with Gasteiger partial charge >= 0.3 is 0 Å². The van der Waals surface area contributed by atoms with E-state index in [0.717, 1.165) is 31.6 Å². The van der Waals surface area contributed by atoms with Crippen molar-refractivity contribution in [3.05, 3.63) is 35.1 Å². The van der Waals surface area contributed by atoms with E-state index < -0.39 is 17.5 Å². The molecule has 24 heavy (non-hydrogen) atoms. The first-order valence-electron chi connectivity index (χ1n) is 8.96. The number of hydrogen-bond acceptors (Lipinski definition) is 2. The number of hydrogen-bond donors (Lipinski definition) is 0. The minimum Gasteiger partial charge on any atom is -0.378 e. The minimum absolute atomic E-state index is 0.223. The summed E-state index contributed by atoms with van der Waals surface area (Å²) in [4.78, 5) is 0. The van der Waals surface area contributed by atoms with E-state index in [1.807, 2.05) is 0 Å². The van der Waals surface area contributed by atoms with Crippen LogP contribution >= 0.6 is 0 Å². The topological polar surface area (TPSA) is 18.5 Å². The molecule has 2 heterocycles. The van der Waals surface area contributed by atoms with Crippen LogP contribution in [0.1, 0.15) is 57.1 Å². The predicted octanol–water partition coefficient (Wildman–Crippen LogP) is 5.17. The quantitative estimate of drug-likeness (QED) is 0.703. The van der Waals surface area contributed by atoms with Crippen LogP contribution in [0, 0.1) is 29.3 Å². The van der Waals surface area contributed by atoms with Crippen LogP contribution in [0.5, 0.6) is 0 Å². The summed E-state index contributed by atoms with van der Waals surface area (Å²) in [5.74, 6) is -2.74. The molecule has 2 fully saturated rings. The van der Waals surface area contributed by atoms with Crippen LogP contribution in [0.2, 0.25) is 0 Å². The lowest BCUT2D eigenvalue weighted by Crippen LogP contribution is -2.36. The maximum absolute atomic E-state index is 13.4. The van der Waals surface area contributed by atoms with Crippen molar-refractivity contribution in [2.24, 2.45) is 11.8 Å². The highest BCUT2D eigenvalue weighted by Gasteiger charge is 2.33. The molecule has 1 aromatic carbocycles. The summed E-state index contributed by atoms with van der Waals surface area (Å²) in [6.45, 7) is 3.55. The first kappa shape index (κ1) is 17.7. The standard InChI is InChI=1S/C19H25F3O2/c1-2-3-12-4-6-17(23-10-12)13-5-7-18(24-11-13)14-8-15(20)19(22)16(21)9-14/h8-9,12-13,17-18H,2-7,10-11H2,1H3. The van der Waals surface area contributed by atoms with Gasteiger partial charge in [0.25, 0.3) is 0 Å². The van der Waals surface area contributed by atoms with Gasteiger partial charge in [-0.15, -0.1) is 0 Å². The van der Waals surface area contributed by atoms with E-state index in [1.165, 1.54) is 19.3 Å². The van der Waals surface area contributed by atoms with Crippen molar-refractivity contribution in [2.75, 3.05) is 13.2 Å². The van der Waals surface area contributed by atoms with Crippen LogP contribution in [0.4, 0.5) is 13.2 Å². The van der Waals surface area contributed by atoms with Crippen LogP contribution in [0.15, 0.2) is 12.1 Å². The summed E-state index contributed by atoms with van der Waals surface area (Å²) < 4.78 is 51.7. The van der Waals surface area contributed by atoms with E-state index in [4.69, 9.17) is 9.47 Å². The molecule has 5 heteroatoms. The van der Waals surface area contributed by atoms with Gasteiger partial charge in [0, 0.05) is 12.5 Å². The number of halogens is 3. The Morgan fingerprint density at radius 3 is 2.25 bits per heavy atom. The maximum Gasteiger partial charge on any atom is 0.194 e. The van der Waals surface area contributed by atoms with Crippen LogP contribution < -0.4 is 0 Å². The average Bonchev–Trinajstić information content (AvgIpc) is 2.60. The summed E-state index contributed by atoms with van der Waals surface area (Å²) >= 11 is 0. The molecule has 0 aromatic heterocycles. The molecule has 4 atom stereocenters. The van der Waals surface area contributed by atoms with Crippen molar-refractivity contribution < 1.29 is 22.6 Å². The van der Waals surface area contributed by atoms with E-state index >= 15 is 0 Å². The fourth-order valence-corrected chi connectivity index (χ4v) is 3.92. The first-order valence-corrected chi connectivity index (χ1v) is 8.96. The Labute approximate surface area is 141 Å². The lowest BCUT2D eigenvalue weighted by Gasteiger charge is -2.38. The van der Waals surface area contributed by atoms with Gasteiger partial charge in [0.1, 0.15) is 0 Å². The minimum atomic E-state index is -1.43. The Bertz CT molecular complexity index is 525. The number of ether oxygens (including phenoxy) is 2. The molecule has 4 unspecified atom stereocenters. The predicted molar refractivity (Wildman–Crippen MR) is 85.1 cm³/mol. The molecule has 1 aromatic rings. The SMILES string of the molecule is CCCC1CCC(C2CCC(c3cc(F)c(F)c(F)c3)OC2)OC1. The van der Waals surface area contributed by atoms with Crippen molar-refractivity contribution in [3.63, 3.8) is 0 Å². The van der Waals surface area contributed by atoms with E-state index in [1.54, 1.807) is 0 Å². The molecule has 2 saturated heterocycles. The van der Waals surface area contributed by atoms with Gasteiger partial charge in [0.05, 0.1) is 18.8 Å². The van der Waals surface area contributed by atoms with Gasteiger partial charge in [0.15, 0.2) is 17.5 Å². The molecule has 2 aliphatic heterocycles. The molecular weight excluding hydrogens is 317 g/mol. The second kappa shape index (κ2) is 7.87. The monoisotopic (exact) mass is 342 g/mol. The highest BCUT2D eigenvalue weighted by molar-refractivity contribution is 5.22. The summed E-state index contributed by atoms with van der Waals surface area (Å²) in [5, 5.41) is 0. The van der Waals surface area contributed by atoms with Gasteiger partial charge in [0.2, 0.25) is 0 Å². The molecule has 2 nitrogen and oxygen atoms in total. The molecule has 0 spiro atoms. The van der Waals surface area contributed by atoms with E-state index in [9.17, 15) is 13.2 Å². The van der Waals surface area contributed by atoms with Crippen molar-refractivity contribution in [1.82, 2.24) is 0 Å². The average molecular weight is 342 g/mol. The van der Waals surface area contributed by atoms with Gasteiger partial charge < -0.3 is 9.47 Å². The Kier molecular flexibility index (Phi) is 5.82. The summed E-state index contributed by atoms with van der Waals surface area (Å²) in [6, 6.07) is 2.08. The van der Waals surface area contributed by atoms with Gasteiger partial charge in [-0.1, -0.05) is 13.3 Å². The molecule has 2 aliphatic rings. The third-order valence-corrected chi connectivity index (χ3v) is 5.32. The van der Waals surface area contributed by atoms with Crippen molar-refractivity contribution in [3.8, 4) is 0 Å². The first-order chi connectivity index (χ1) is 11.6. The smallest absolute Gasteiger partial charge is 0.194 e. The maximum atomic E-state index is 13.4. The van der Waals surface area contributed by atoms with Crippen molar-refractivity contribution >= 4 is 0 Å². The zero-order chi connectivity index (χ0) is 17.1. The van der Waals surface area contributed by atoms with Crippen LogP contribution in [-0.2, 0) is 9.47 Å². The molecular formula is C19H25F3O2. The fraction of sp³-hybridized carbons (Fsp3) is 0.684. The largest absolute Gasteiger partial charge is 0.378 e. The second-order valence-corrected chi connectivity index (χ2v) is 7.06.